The molecule has 0 unspecified atom stereocenters. The van der Waals surface area contributed by atoms with Gasteiger partial charge in [0.1, 0.15) is 0 Å². The lowest BCUT2D eigenvalue weighted by atomic mass is 9.94. The Balaban J connectivity index is 1.96. The van der Waals surface area contributed by atoms with Crippen molar-refractivity contribution in [3.05, 3.63) is 95.9 Å². The molecular weight excluding hydrogens is 444 g/mol. The predicted octanol–water partition coefficient (Wildman–Crippen LogP) is 3.15. The number of aromatic nitrogens is 2. The number of thiazole rings is 1. The van der Waals surface area contributed by atoms with Gasteiger partial charge in [-0.25, -0.2) is 4.99 Å². The van der Waals surface area contributed by atoms with Crippen molar-refractivity contribution in [1.29, 1.82) is 0 Å². The molecule has 1 aliphatic heterocycles. The summed E-state index contributed by atoms with van der Waals surface area (Å²) in [5.41, 5.74) is 2.59. The average molecular weight is 467 g/mol. The van der Waals surface area contributed by atoms with Crippen LogP contribution in [-0.2, 0) is 4.79 Å². The Morgan fingerprint density at radius 3 is 2.56 bits per heavy atom. The molecule has 8 heteroatoms. The van der Waals surface area contributed by atoms with Crippen molar-refractivity contribution in [2.75, 3.05) is 13.1 Å². The summed E-state index contributed by atoms with van der Waals surface area (Å²) in [5, 5.41) is 0.593. The van der Waals surface area contributed by atoms with Crippen molar-refractivity contribution >= 4 is 34.9 Å². The third-order valence-electron chi connectivity index (χ3n) is 5.47. The van der Waals surface area contributed by atoms with E-state index in [9.17, 15) is 9.59 Å². The molecular formula is C24H23ClN4O2S. The van der Waals surface area contributed by atoms with E-state index in [0.717, 1.165) is 11.1 Å². The van der Waals surface area contributed by atoms with Gasteiger partial charge in [0.2, 0.25) is 0 Å². The number of carbonyl (C=O) groups is 1. The van der Waals surface area contributed by atoms with Gasteiger partial charge < -0.3 is 4.90 Å². The van der Waals surface area contributed by atoms with E-state index in [1.54, 1.807) is 40.1 Å². The van der Waals surface area contributed by atoms with Gasteiger partial charge in [-0.05, 0) is 56.2 Å². The summed E-state index contributed by atoms with van der Waals surface area (Å²) in [6.45, 7) is 6.86. The molecule has 2 aromatic heterocycles. The second-order valence-corrected chi connectivity index (χ2v) is 8.84. The maximum Gasteiger partial charge on any atom is 0.271 e. The van der Waals surface area contributed by atoms with Gasteiger partial charge in [-0.1, -0.05) is 41.1 Å². The highest BCUT2D eigenvalue weighted by Gasteiger charge is 2.34. The van der Waals surface area contributed by atoms with E-state index in [-0.39, 0.29) is 11.5 Å². The molecule has 0 radical (unpaired) electrons. The topological polar surface area (TPSA) is 67.6 Å². The smallest absolute Gasteiger partial charge is 0.271 e. The molecule has 0 N–H and O–H groups in total. The van der Waals surface area contributed by atoms with Crippen LogP contribution in [-0.4, -0.2) is 33.4 Å². The zero-order valence-electron chi connectivity index (χ0n) is 18.1. The number of amides is 1. The first-order valence-electron chi connectivity index (χ1n) is 10.4. The van der Waals surface area contributed by atoms with Crippen molar-refractivity contribution < 1.29 is 4.79 Å². The van der Waals surface area contributed by atoms with Crippen LogP contribution < -0.4 is 14.9 Å². The monoisotopic (exact) mass is 466 g/mol. The molecule has 3 aromatic rings. The quantitative estimate of drug-likeness (QED) is 0.580. The molecule has 4 rings (SSSR count). The highest BCUT2D eigenvalue weighted by molar-refractivity contribution is 7.07. The Morgan fingerprint density at radius 2 is 1.94 bits per heavy atom. The van der Waals surface area contributed by atoms with Crippen LogP contribution in [0.1, 0.15) is 37.9 Å². The minimum absolute atomic E-state index is 0.113. The summed E-state index contributed by atoms with van der Waals surface area (Å²) in [5.74, 6) is -0.113. The molecule has 0 bridgehead atoms. The maximum absolute atomic E-state index is 13.5. The molecule has 1 atom stereocenters. The fraction of sp³-hybridized carbons (Fsp3) is 0.250. The Bertz CT molecular complexity index is 1350. The SMILES string of the molecule is CCN(CC)C(=O)C1=C(C)N=c2s/c(=C/c3cccnc3)c(=O)n2[C@H]1c1ccc(Cl)cc1. The average Bonchev–Trinajstić information content (AvgIpc) is 3.09. The third kappa shape index (κ3) is 4.06. The second-order valence-electron chi connectivity index (χ2n) is 7.40. The van der Waals surface area contributed by atoms with Gasteiger partial charge in [0.05, 0.1) is 21.8 Å². The second kappa shape index (κ2) is 9.22. The zero-order valence-corrected chi connectivity index (χ0v) is 19.7. The largest absolute Gasteiger partial charge is 0.339 e. The molecule has 1 aliphatic rings. The molecule has 32 heavy (non-hydrogen) atoms. The number of fused-ring (bicyclic) bond motifs is 1. The number of carbonyl (C=O) groups excluding carboxylic acids is 1. The molecule has 0 saturated heterocycles. The van der Waals surface area contributed by atoms with Gasteiger partial charge in [0, 0.05) is 30.5 Å². The number of pyridine rings is 1. The lowest BCUT2D eigenvalue weighted by Crippen LogP contribution is -2.43. The molecule has 164 valence electrons. The van der Waals surface area contributed by atoms with E-state index in [1.165, 1.54) is 11.3 Å². The summed E-state index contributed by atoms with van der Waals surface area (Å²) >= 11 is 7.43. The maximum atomic E-state index is 13.5. The Kier molecular flexibility index (Phi) is 6.39. The number of halogens is 1. The highest BCUT2D eigenvalue weighted by Crippen LogP contribution is 2.31. The Hall–Kier alpha value is -3.03. The van der Waals surface area contributed by atoms with Crippen LogP contribution in [0, 0.1) is 0 Å². The van der Waals surface area contributed by atoms with Crippen LogP contribution in [0.25, 0.3) is 6.08 Å². The van der Waals surface area contributed by atoms with Crippen LogP contribution >= 0.6 is 22.9 Å². The van der Waals surface area contributed by atoms with Crippen LogP contribution in [0.4, 0.5) is 0 Å². The minimum atomic E-state index is -0.576. The molecule has 1 amide bonds. The number of rotatable bonds is 5. The van der Waals surface area contributed by atoms with E-state index in [2.05, 4.69) is 9.98 Å². The molecule has 0 fully saturated rings. The van der Waals surface area contributed by atoms with Gasteiger partial charge in [0.15, 0.2) is 4.80 Å². The molecule has 6 nitrogen and oxygen atoms in total. The third-order valence-corrected chi connectivity index (χ3v) is 6.71. The van der Waals surface area contributed by atoms with E-state index >= 15 is 0 Å². The summed E-state index contributed by atoms with van der Waals surface area (Å²) < 4.78 is 2.17. The van der Waals surface area contributed by atoms with Gasteiger partial charge in [-0.3, -0.25) is 19.1 Å². The van der Waals surface area contributed by atoms with Gasteiger partial charge in [-0.2, -0.15) is 0 Å². The van der Waals surface area contributed by atoms with Crippen LogP contribution in [0.3, 0.4) is 0 Å². The van der Waals surface area contributed by atoms with Crippen molar-refractivity contribution in [2.24, 2.45) is 4.99 Å². The lowest BCUT2D eigenvalue weighted by Gasteiger charge is -2.29. The number of hydrogen-bond acceptors (Lipinski definition) is 5. The molecule has 3 heterocycles. The van der Waals surface area contributed by atoms with Gasteiger partial charge >= 0.3 is 0 Å². The van der Waals surface area contributed by atoms with E-state index < -0.39 is 6.04 Å². The van der Waals surface area contributed by atoms with Gasteiger partial charge in [-0.15, -0.1) is 0 Å². The Labute approximate surface area is 194 Å². The summed E-state index contributed by atoms with van der Waals surface area (Å²) in [4.78, 5) is 38.1. The fourth-order valence-electron chi connectivity index (χ4n) is 3.85. The number of allylic oxidation sites excluding steroid dienone is 1. The summed E-state index contributed by atoms with van der Waals surface area (Å²) in [6, 6.07) is 10.4. The fourth-order valence-corrected chi connectivity index (χ4v) is 5.02. The van der Waals surface area contributed by atoms with Crippen molar-refractivity contribution in [3.63, 3.8) is 0 Å². The van der Waals surface area contributed by atoms with Crippen LogP contribution in [0.2, 0.25) is 5.02 Å². The number of likely N-dealkylation sites (N-methyl/N-ethyl adjacent to an activating group) is 1. The lowest BCUT2D eigenvalue weighted by molar-refractivity contribution is -0.127. The van der Waals surface area contributed by atoms with Gasteiger partial charge in [0.25, 0.3) is 11.5 Å². The molecule has 0 spiro atoms. The first-order chi connectivity index (χ1) is 15.4. The van der Waals surface area contributed by atoms with Crippen molar-refractivity contribution in [3.8, 4) is 0 Å². The Morgan fingerprint density at radius 1 is 1.22 bits per heavy atom. The van der Waals surface area contributed by atoms with Crippen molar-refractivity contribution in [1.82, 2.24) is 14.5 Å². The first kappa shape index (κ1) is 22.2. The minimum Gasteiger partial charge on any atom is -0.339 e. The van der Waals surface area contributed by atoms with E-state index in [1.807, 2.05) is 45.0 Å². The predicted molar refractivity (Wildman–Crippen MR) is 127 cm³/mol. The summed E-state index contributed by atoms with van der Waals surface area (Å²) in [7, 11) is 0. The van der Waals surface area contributed by atoms with E-state index in [0.29, 0.717) is 38.7 Å². The molecule has 1 aromatic carbocycles. The molecule has 0 saturated carbocycles. The zero-order chi connectivity index (χ0) is 22.8. The van der Waals surface area contributed by atoms with Crippen molar-refractivity contribution in [2.45, 2.75) is 26.8 Å². The normalized spacial score (nSPS) is 16.0. The number of hydrogen-bond donors (Lipinski definition) is 0. The summed E-state index contributed by atoms with van der Waals surface area (Å²) in [6.07, 6.45) is 5.20. The van der Waals surface area contributed by atoms with Crippen LogP contribution in [0.5, 0.6) is 0 Å². The first-order valence-corrected chi connectivity index (χ1v) is 11.6. The van der Waals surface area contributed by atoms with Crippen LogP contribution in [0.15, 0.2) is 69.8 Å². The molecule has 0 aliphatic carbocycles. The highest BCUT2D eigenvalue weighted by atomic mass is 35.5. The van der Waals surface area contributed by atoms with E-state index in [4.69, 9.17) is 11.6 Å². The number of benzene rings is 1. The number of nitrogens with zero attached hydrogens (tertiary/aromatic N) is 4. The standard InChI is InChI=1S/C24H23ClN4O2S/c1-4-28(5-2)23(31)20-15(3)27-24-29(21(20)17-8-10-18(25)11-9-17)22(30)19(32-24)13-16-7-6-12-26-14-16/h6-14,21H,4-5H2,1-3H3/b19-13+/t21-/m0/s1.